The summed E-state index contributed by atoms with van der Waals surface area (Å²) < 4.78 is 19.9. The Kier molecular flexibility index (Phi) is 8.94. The van der Waals surface area contributed by atoms with Crippen molar-refractivity contribution in [1.82, 2.24) is 0 Å². The maximum absolute atomic E-state index is 10.5. The first-order valence-corrected chi connectivity index (χ1v) is 14.4. The second-order valence-corrected chi connectivity index (χ2v) is 14.7. The largest absolute Gasteiger partial charge is 0.411 e. The van der Waals surface area contributed by atoms with Gasteiger partial charge in [-0.3, -0.25) is 0 Å². The number of ether oxygens (including phenoxy) is 2. The summed E-state index contributed by atoms with van der Waals surface area (Å²) in [4.78, 5) is 0. The Labute approximate surface area is 184 Å². The van der Waals surface area contributed by atoms with Crippen LogP contribution in [0.15, 0.2) is 30.3 Å². The van der Waals surface area contributed by atoms with Crippen LogP contribution in [0.4, 0.5) is 0 Å². The van der Waals surface area contributed by atoms with Gasteiger partial charge in [0.15, 0.2) is 8.32 Å². The Morgan fingerprint density at radius 3 is 2.43 bits per heavy atom. The monoisotopic (exact) mass is 522 g/mol. The van der Waals surface area contributed by atoms with Gasteiger partial charge in [0.05, 0.1) is 25.4 Å². The average Bonchev–Trinajstić information content (AvgIpc) is 3.03. The molecule has 1 aromatic rings. The van der Waals surface area contributed by atoms with Gasteiger partial charge in [-0.05, 0) is 23.7 Å². The maximum atomic E-state index is 10.5. The van der Waals surface area contributed by atoms with E-state index >= 15 is 0 Å². The molecule has 5 nitrogen and oxygen atoms in total. The molecule has 0 aromatic heterocycles. The van der Waals surface area contributed by atoms with E-state index in [-0.39, 0.29) is 23.9 Å². The molecule has 5 atom stereocenters. The van der Waals surface area contributed by atoms with Gasteiger partial charge in [0.2, 0.25) is 0 Å². The molecular weight excluding hydrogens is 487 g/mol. The van der Waals surface area contributed by atoms with Crippen molar-refractivity contribution in [3.8, 4) is 0 Å². The van der Waals surface area contributed by atoms with E-state index in [0.717, 1.165) is 16.4 Å². The minimum Gasteiger partial charge on any atom is -0.411 e. The molecular formula is C21H35IO5Si. The lowest BCUT2D eigenvalue weighted by Crippen LogP contribution is -2.51. The molecule has 0 spiro atoms. The lowest BCUT2D eigenvalue weighted by molar-refractivity contribution is -0.146. The molecule has 1 aliphatic heterocycles. The van der Waals surface area contributed by atoms with Crippen LogP contribution in [0.5, 0.6) is 0 Å². The number of benzene rings is 1. The van der Waals surface area contributed by atoms with E-state index in [1.807, 2.05) is 30.3 Å². The first kappa shape index (κ1) is 24.2. The normalized spacial score (nSPS) is 25.6. The van der Waals surface area contributed by atoms with E-state index in [2.05, 4.69) is 56.5 Å². The molecule has 160 valence electrons. The minimum absolute atomic E-state index is 0.0640. The molecule has 1 aliphatic rings. The highest BCUT2D eigenvalue weighted by Gasteiger charge is 2.48. The van der Waals surface area contributed by atoms with Gasteiger partial charge in [-0.25, -0.2) is 0 Å². The van der Waals surface area contributed by atoms with Crippen molar-refractivity contribution in [2.75, 3.05) is 11.0 Å². The van der Waals surface area contributed by atoms with Crippen molar-refractivity contribution < 1.29 is 24.1 Å². The predicted octanol–water partition coefficient (Wildman–Crippen LogP) is 3.91. The van der Waals surface area contributed by atoms with Crippen LogP contribution in [-0.4, -0.2) is 60.1 Å². The summed E-state index contributed by atoms with van der Waals surface area (Å²) in [6, 6.07) is 9.83. The lowest BCUT2D eigenvalue weighted by atomic mass is 10.0. The number of alkyl halides is 1. The van der Waals surface area contributed by atoms with E-state index < -0.39 is 26.6 Å². The topological polar surface area (TPSA) is 68.2 Å². The van der Waals surface area contributed by atoms with Crippen LogP contribution in [-0.2, 0) is 20.5 Å². The van der Waals surface area contributed by atoms with Crippen LogP contribution in [0.3, 0.4) is 0 Å². The van der Waals surface area contributed by atoms with E-state index in [1.54, 1.807) is 0 Å². The van der Waals surface area contributed by atoms with E-state index in [1.165, 1.54) is 0 Å². The number of aliphatic hydroxyl groups excluding tert-OH is 2. The number of hydrogen-bond acceptors (Lipinski definition) is 5. The molecule has 1 saturated heterocycles. The lowest BCUT2D eigenvalue weighted by Gasteiger charge is -2.40. The third kappa shape index (κ3) is 6.23. The van der Waals surface area contributed by atoms with Gasteiger partial charge in [0.1, 0.15) is 18.3 Å². The molecule has 0 saturated carbocycles. The second kappa shape index (κ2) is 10.3. The molecule has 28 heavy (non-hydrogen) atoms. The summed E-state index contributed by atoms with van der Waals surface area (Å²) in [5, 5.41) is 20.2. The van der Waals surface area contributed by atoms with Crippen LogP contribution in [0.1, 0.15) is 32.8 Å². The van der Waals surface area contributed by atoms with E-state index in [4.69, 9.17) is 13.9 Å². The zero-order valence-corrected chi connectivity index (χ0v) is 20.8. The highest BCUT2D eigenvalue weighted by molar-refractivity contribution is 14.1. The third-order valence-corrected chi connectivity index (χ3v) is 11.3. The van der Waals surface area contributed by atoms with Crippen molar-refractivity contribution in [2.24, 2.45) is 0 Å². The summed E-state index contributed by atoms with van der Waals surface area (Å²) in [5.41, 5.74) is 1.02. The van der Waals surface area contributed by atoms with Crippen molar-refractivity contribution in [2.45, 2.75) is 82.5 Å². The number of hydrogen-bond donors (Lipinski definition) is 2. The maximum Gasteiger partial charge on any atom is 0.192 e. The number of rotatable bonds is 9. The highest BCUT2D eigenvalue weighted by Crippen LogP contribution is 2.40. The van der Waals surface area contributed by atoms with Crippen LogP contribution in [0.25, 0.3) is 0 Å². The Morgan fingerprint density at radius 1 is 1.25 bits per heavy atom. The van der Waals surface area contributed by atoms with E-state index in [0.29, 0.717) is 6.61 Å². The highest BCUT2D eigenvalue weighted by atomic mass is 127. The van der Waals surface area contributed by atoms with Gasteiger partial charge in [0, 0.05) is 10.8 Å². The van der Waals surface area contributed by atoms with Crippen LogP contribution >= 0.6 is 22.6 Å². The Morgan fingerprint density at radius 2 is 1.89 bits per heavy atom. The van der Waals surface area contributed by atoms with Crippen LogP contribution in [0.2, 0.25) is 18.1 Å². The molecule has 2 rings (SSSR count). The molecule has 7 heteroatoms. The van der Waals surface area contributed by atoms with Gasteiger partial charge < -0.3 is 24.1 Å². The summed E-state index contributed by atoms with van der Waals surface area (Å²) in [5.74, 6) is 0. The predicted molar refractivity (Wildman–Crippen MR) is 122 cm³/mol. The number of aliphatic hydroxyl groups is 2. The minimum atomic E-state index is -2.01. The third-order valence-electron chi connectivity index (χ3n) is 5.81. The smallest absolute Gasteiger partial charge is 0.192 e. The molecule has 1 unspecified atom stereocenters. The Bertz CT molecular complexity index is 592. The molecule has 0 aliphatic carbocycles. The first-order chi connectivity index (χ1) is 13.1. The molecule has 0 bridgehead atoms. The summed E-state index contributed by atoms with van der Waals surface area (Å²) in [6.07, 6.45) is -1.37. The van der Waals surface area contributed by atoms with Crippen LogP contribution < -0.4 is 0 Å². The van der Waals surface area contributed by atoms with E-state index in [9.17, 15) is 10.2 Å². The van der Waals surface area contributed by atoms with Gasteiger partial charge in [-0.15, -0.1) is 0 Å². The Hall–Kier alpha value is -0.0331. The molecule has 1 heterocycles. The van der Waals surface area contributed by atoms with Gasteiger partial charge in [-0.2, -0.15) is 0 Å². The molecule has 2 N–H and O–H groups in total. The molecule has 1 fully saturated rings. The quantitative estimate of drug-likeness (QED) is 0.293. The van der Waals surface area contributed by atoms with Crippen molar-refractivity contribution in [3.05, 3.63) is 35.9 Å². The molecule has 1 aromatic carbocycles. The SMILES string of the molecule is CC(C)(C)[Si](C)(C)O[C@@H]1CC(CI)O[C@H]1[C@H](OCc1ccccc1)[C@@H](O)CO. The summed E-state index contributed by atoms with van der Waals surface area (Å²) in [7, 11) is -2.01. The van der Waals surface area contributed by atoms with Crippen molar-refractivity contribution >= 4 is 30.9 Å². The number of halogens is 1. The van der Waals surface area contributed by atoms with Crippen LogP contribution in [0, 0.1) is 0 Å². The van der Waals surface area contributed by atoms with Crippen molar-refractivity contribution in [1.29, 1.82) is 0 Å². The Balaban J connectivity index is 2.19. The fourth-order valence-corrected chi connectivity index (χ4v) is 5.02. The summed E-state index contributed by atoms with van der Waals surface area (Å²) >= 11 is 2.32. The molecule has 0 radical (unpaired) electrons. The summed E-state index contributed by atoms with van der Waals surface area (Å²) in [6.45, 7) is 11.1. The van der Waals surface area contributed by atoms with Gasteiger partial charge >= 0.3 is 0 Å². The zero-order valence-electron chi connectivity index (χ0n) is 17.6. The van der Waals surface area contributed by atoms with Gasteiger partial charge in [0.25, 0.3) is 0 Å². The second-order valence-electron chi connectivity index (χ2n) is 9.04. The molecule has 0 amide bonds. The average molecular weight is 522 g/mol. The van der Waals surface area contributed by atoms with Gasteiger partial charge in [-0.1, -0.05) is 73.7 Å². The standard InChI is InChI=1S/C21H35IO5Si/c1-21(2,3)28(4,5)27-18-11-16(12-22)26-20(18)19(17(24)13-23)25-14-15-9-7-6-8-10-15/h6-10,16-20,23-24H,11-14H2,1-5H3/t16?,17-,18+,19+,20+/m0/s1. The van der Waals surface area contributed by atoms with Crippen molar-refractivity contribution in [3.63, 3.8) is 0 Å². The zero-order chi connectivity index (χ0) is 20.9. The fourth-order valence-electron chi connectivity index (χ4n) is 3.11. The fraction of sp³-hybridized carbons (Fsp3) is 0.714. The first-order valence-electron chi connectivity index (χ1n) is 9.92.